The Hall–Kier alpha value is -3.08. The Bertz CT molecular complexity index is 1010. The molecule has 1 aromatic heterocycles. The van der Waals surface area contributed by atoms with E-state index in [4.69, 9.17) is 4.74 Å². The summed E-state index contributed by atoms with van der Waals surface area (Å²) in [6, 6.07) is 17.2. The summed E-state index contributed by atoms with van der Waals surface area (Å²) in [6.45, 7) is 5.45. The highest BCUT2D eigenvalue weighted by molar-refractivity contribution is 5.97. The molecule has 0 aliphatic heterocycles. The first kappa shape index (κ1) is 19.7. The van der Waals surface area contributed by atoms with Crippen molar-refractivity contribution in [2.45, 2.75) is 39.8 Å². The summed E-state index contributed by atoms with van der Waals surface area (Å²) < 4.78 is 8.74. The summed E-state index contributed by atoms with van der Waals surface area (Å²) in [5.41, 5.74) is 4.46. The Balaban J connectivity index is 1.88. The minimum Gasteiger partial charge on any atom is -0.465 e. The lowest BCUT2D eigenvalue weighted by Crippen LogP contribution is -2.23. The first-order valence-corrected chi connectivity index (χ1v) is 9.59. The highest BCUT2D eigenvalue weighted by Gasteiger charge is 2.13. The zero-order valence-electron chi connectivity index (χ0n) is 16.6. The summed E-state index contributed by atoms with van der Waals surface area (Å²) in [4.78, 5) is 24.2. The molecule has 2 aromatic carbocycles. The molecule has 0 aliphatic carbocycles. The van der Waals surface area contributed by atoms with Crippen LogP contribution in [0.5, 0.6) is 0 Å². The summed E-state index contributed by atoms with van der Waals surface area (Å²) in [7, 11) is 1.39. The van der Waals surface area contributed by atoms with E-state index in [2.05, 4.69) is 6.92 Å². The summed E-state index contributed by atoms with van der Waals surface area (Å²) in [5, 5.41) is 0. The van der Waals surface area contributed by atoms with Gasteiger partial charge < -0.3 is 4.74 Å². The fourth-order valence-corrected chi connectivity index (χ4v) is 3.37. The van der Waals surface area contributed by atoms with Crippen molar-refractivity contribution in [3.8, 4) is 11.1 Å². The molecule has 0 amide bonds. The number of unbranched alkanes of at least 4 members (excludes halogenated alkanes) is 1. The van der Waals surface area contributed by atoms with Gasteiger partial charge >= 0.3 is 5.97 Å². The Kier molecular flexibility index (Phi) is 6.14. The maximum Gasteiger partial charge on any atom is 0.338 e. The summed E-state index contributed by atoms with van der Waals surface area (Å²) in [6.07, 6.45) is 2.03. The van der Waals surface area contributed by atoms with Gasteiger partial charge in [0.2, 0.25) is 0 Å². The van der Waals surface area contributed by atoms with Gasteiger partial charge in [0.1, 0.15) is 0 Å². The van der Waals surface area contributed by atoms with Gasteiger partial charge in [-0.2, -0.15) is 0 Å². The van der Waals surface area contributed by atoms with Gasteiger partial charge in [-0.1, -0.05) is 55.8 Å². The minimum absolute atomic E-state index is 0.0505. The molecule has 0 saturated heterocycles. The lowest BCUT2D eigenvalue weighted by molar-refractivity contribution is 0.0601. The number of aromatic nitrogens is 2. The van der Waals surface area contributed by atoms with Crippen LogP contribution in [0.2, 0.25) is 0 Å². The number of carbonyl (C=O) groups excluding carboxylic acids is 1. The van der Waals surface area contributed by atoms with E-state index in [9.17, 15) is 9.59 Å². The van der Waals surface area contributed by atoms with Crippen molar-refractivity contribution < 1.29 is 9.53 Å². The molecule has 3 aromatic rings. The average Bonchev–Trinajstić information content (AvgIpc) is 2.98. The monoisotopic (exact) mass is 378 g/mol. The van der Waals surface area contributed by atoms with Gasteiger partial charge in [0.15, 0.2) is 0 Å². The lowest BCUT2D eigenvalue weighted by atomic mass is 9.99. The van der Waals surface area contributed by atoms with Crippen LogP contribution >= 0.6 is 0 Å². The van der Waals surface area contributed by atoms with Crippen molar-refractivity contribution in [2.75, 3.05) is 7.11 Å². The van der Waals surface area contributed by atoms with Crippen molar-refractivity contribution in [2.24, 2.45) is 0 Å². The van der Waals surface area contributed by atoms with Crippen LogP contribution in [0.1, 0.15) is 41.4 Å². The molecule has 5 nitrogen and oxygen atoms in total. The lowest BCUT2D eigenvalue weighted by Gasteiger charge is -2.14. The van der Waals surface area contributed by atoms with Gasteiger partial charge in [0.05, 0.1) is 19.2 Å². The second-order valence-corrected chi connectivity index (χ2v) is 6.89. The SMILES string of the molecule is CCCCn1c(=O)cc(C)n1Cc1ccc(-c2ccccc2C(=O)OC)cc1. The third-order valence-corrected chi connectivity index (χ3v) is 4.94. The Morgan fingerprint density at radius 2 is 1.75 bits per heavy atom. The van der Waals surface area contributed by atoms with Gasteiger partial charge in [0, 0.05) is 18.3 Å². The normalized spacial score (nSPS) is 10.8. The van der Waals surface area contributed by atoms with E-state index in [1.54, 1.807) is 12.1 Å². The summed E-state index contributed by atoms with van der Waals surface area (Å²) in [5.74, 6) is -0.345. The maximum absolute atomic E-state index is 12.2. The van der Waals surface area contributed by atoms with Crippen LogP contribution in [-0.2, 0) is 17.8 Å². The number of hydrogen-bond acceptors (Lipinski definition) is 3. The van der Waals surface area contributed by atoms with Gasteiger partial charge in [-0.3, -0.25) is 14.2 Å². The average molecular weight is 378 g/mol. The zero-order chi connectivity index (χ0) is 20.1. The van der Waals surface area contributed by atoms with E-state index in [0.717, 1.165) is 41.8 Å². The molecule has 0 spiro atoms. The molecule has 28 heavy (non-hydrogen) atoms. The van der Waals surface area contributed by atoms with E-state index in [0.29, 0.717) is 12.1 Å². The molecule has 0 aliphatic rings. The van der Waals surface area contributed by atoms with Crippen LogP contribution in [0, 0.1) is 6.92 Å². The van der Waals surface area contributed by atoms with Crippen LogP contribution in [0.15, 0.2) is 59.4 Å². The zero-order valence-corrected chi connectivity index (χ0v) is 16.6. The fraction of sp³-hybridized carbons (Fsp3) is 0.304. The molecule has 146 valence electrons. The quantitative estimate of drug-likeness (QED) is 0.577. The second-order valence-electron chi connectivity index (χ2n) is 6.89. The van der Waals surface area contributed by atoms with E-state index in [1.165, 1.54) is 7.11 Å². The second kappa shape index (κ2) is 8.74. The molecule has 0 saturated carbocycles. The topological polar surface area (TPSA) is 53.2 Å². The maximum atomic E-state index is 12.2. The molecule has 0 bridgehead atoms. The van der Waals surface area contributed by atoms with Crippen molar-refractivity contribution in [1.29, 1.82) is 0 Å². The number of esters is 1. The highest BCUT2D eigenvalue weighted by Crippen LogP contribution is 2.25. The Labute approximate surface area is 165 Å². The molecular weight excluding hydrogens is 352 g/mol. The van der Waals surface area contributed by atoms with Crippen molar-refractivity contribution in [3.05, 3.63) is 81.8 Å². The predicted octanol–water partition coefficient (Wildman–Crippen LogP) is 4.26. The number of hydrogen-bond donors (Lipinski definition) is 0. The highest BCUT2D eigenvalue weighted by atomic mass is 16.5. The van der Waals surface area contributed by atoms with E-state index < -0.39 is 0 Å². The molecule has 0 fully saturated rings. The molecule has 0 unspecified atom stereocenters. The number of nitrogens with zero attached hydrogens (tertiary/aromatic N) is 2. The van der Waals surface area contributed by atoms with Gasteiger partial charge in [-0.15, -0.1) is 0 Å². The van der Waals surface area contributed by atoms with Crippen LogP contribution in [0.4, 0.5) is 0 Å². The molecular formula is C23H26N2O3. The Morgan fingerprint density at radius 1 is 1.04 bits per heavy atom. The number of benzene rings is 2. The third kappa shape index (κ3) is 4.09. The van der Waals surface area contributed by atoms with E-state index >= 15 is 0 Å². The van der Waals surface area contributed by atoms with Crippen LogP contribution in [0.3, 0.4) is 0 Å². The number of aryl methyl sites for hydroxylation is 1. The first-order valence-electron chi connectivity index (χ1n) is 9.59. The summed E-state index contributed by atoms with van der Waals surface area (Å²) >= 11 is 0. The van der Waals surface area contributed by atoms with Gasteiger partial charge in [-0.25, -0.2) is 4.79 Å². The van der Waals surface area contributed by atoms with E-state index in [-0.39, 0.29) is 11.5 Å². The largest absolute Gasteiger partial charge is 0.465 e. The number of rotatable bonds is 7. The van der Waals surface area contributed by atoms with Crippen LogP contribution < -0.4 is 5.56 Å². The van der Waals surface area contributed by atoms with Crippen LogP contribution in [-0.4, -0.2) is 22.4 Å². The molecule has 0 radical (unpaired) electrons. The molecule has 5 heteroatoms. The molecule has 3 rings (SSSR count). The van der Waals surface area contributed by atoms with E-state index in [1.807, 2.05) is 58.8 Å². The molecule has 0 atom stereocenters. The van der Waals surface area contributed by atoms with Gasteiger partial charge in [-0.05, 0) is 36.1 Å². The smallest absolute Gasteiger partial charge is 0.338 e. The molecule has 1 heterocycles. The standard InChI is InChI=1S/C23H26N2O3/c1-4-5-14-24-22(26)15-17(2)25(24)16-18-10-12-19(13-11-18)20-8-6-7-9-21(20)23(27)28-3/h6-13,15H,4-5,14,16H2,1-3H3. The number of methoxy groups -OCH3 is 1. The number of ether oxygens (including phenoxy) is 1. The molecule has 0 N–H and O–H groups in total. The van der Waals surface area contributed by atoms with Crippen LogP contribution in [0.25, 0.3) is 11.1 Å². The van der Waals surface area contributed by atoms with Crippen molar-refractivity contribution >= 4 is 5.97 Å². The Morgan fingerprint density at radius 3 is 2.43 bits per heavy atom. The fourth-order valence-electron chi connectivity index (χ4n) is 3.37. The van der Waals surface area contributed by atoms with Crippen molar-refractivity contribution in [3.63, 3.8) is 0 Å². The van der Waals surface area contributed by atoms with Gasteiger partial charge in [0.25, 0.3) is 5.56 Å². The minimum atomic E-state index is -0.345. The first-order chi connectivity index (χ1) is 13.5. The third-order valence-electron chi connectivity index (χ3n) is 4.94. The van der Waals surface area contributed by atoms with Crippen molar-refractivity contribution in [1.82, 2.24) is 9.36 Å². The predicted molar refractivity (Wildman–Crippen MR) is 111 cm³/mol. The number of carbonyl (C=O) groups is 1.